The molecule has 3 rings (SSSR count). The largest absolute Gasteiger partial charge is 0.392 e. The summed E-state index contributed by atoms with van der Waals surface area (Å²) in [7, 11) is 0. The Hall–Kier alpha value is -2.50. The molecule has 0 atom stereocenters. The summed E-state index contributed by atoms with van der Waals surface area (Å²) in [5.41, 5.74) is 4.40. The summed E-state index contributed by atoms with van der Waals surface area (Å²) in [6, 6.07) is 14.8. The van der Waals surface area contributed by atoms with Crippen LogP contribution in [-0.4, -0.2) is 15.3 Å². The lowest BCUT2D eigenvalue weighted by Crippen LogP contribution is -2.13. The highest BCUT2D eigenvalue weighted by atomic mass is 19.1. The summed E-state index contributed by atoms with van der Waals surface area (Å²) >= 11 is 0. The van der Waals surface area contributed by atoms with Crippen LogP contribution in [-0.2, 0) is 19.7 Å². The Kier molecular flexibility index (Phi) is 4.80. The number of hydrogen-bond donors (Lipinski definition) is 3. The van der Waals surface area contributed by atoms with Crippen LogP contribution in [0.15, 0.2) is 54.7 Å². The van der Waals surface area contributed by atoms with Crippen molar-refractivity contribution < 1.29 is 9.50 Å². The van der Waals surface area contributed by atoms with Gasteiger partial charge in [0.05, 0.1) is 18.5 Å². The molecule has 1 heterocycles. The number of aliphatic hydroxyl groups is 1. The van der Waals surface area contributed by atoms with E-state index in [0.717, 1.165) is 22.4 Å². The zero-order chi connectivity index (χ0) is 16.1. The molecule has 118 valence electrons. The molecule has 0 amide bonds. The van der Waals surface area contributed by atoms with E-state index in [1.54, 1.807) is 18.3 Å². The van der Waals surface area contributed by atoms with Crippen molar-refractivity contribution in [2.24, 2.45) is 0 Å². The molecule has 0 spiro atoms. The molecule has 1 aromatic heterocycles. The van der Waals surface area contributed by atoms with Gasteiger partial charge >= 0.3 is 0 Å². The van der Waals surface area contributed by atoms with Crippen molar-refractivity contribution in [2.75, 3.05) is 0 Å². The van der Waals surface area contributed by atoms with Gasteiger partial charge in [0, 0.05) is 24.2 Å². The molecule has 0 aliphatic rings. The fourth-order valence-electron chi connectivity index (χ4n) is 2.50. The number of rotatable bonds is 6. The zero-order valence-corrected chi connectivity index (χ0v) is 12.6. The Balaban J connectivity index is 1.65. The van der Waals surface area contributed by atoms with Gasteiger partial charge in [-0.15, -0.1) is 0 Å². The van der Waals surface area contributed by atoms with Crippen LogP contribution in [0.3, 0.4) is 0 Å². The van der Waals surface area contributed by atoms with Crippen molar-refractivity contribution in [1.82, 2.24) is 15.5 Å². The Morgan fingerprint density at radius 3 is 2.65 bits per heavy atom. The van der Waals surface area contributed by atoms with E-state index >= 15 is 0 Å². The van der Waals surface area contributed by atoms with E-state index in [4.69, 9.17) is 5.11 Å². The molecule has 0 aliphatic carbocycles. The van der Waals surface area contributed by atoms with Gasteiger partial charge in [0.1, 0.15) is 5.82 Å². The maximum Gasteiger partial charge on any atom is 0.128 e. The van der Waals surface area contributed by atoms with Crippen LogP contribution in [0, 0.1) is 5.82 Å². The van der Waals surface area contributed by atoms with Gasteiger partial charge in [-0.25, -0.2) is 4.39 Å². The monoisotopic (exact) mass is 311 g/mol. The molecular weight excluding hydrogens is 293 g/mol. The van der Waals surface area contributed by atoms with Gasteiger partial charge in [-0.2, -0.15) is 5.10 Å². The highest BCUT2D eigenvalue weighted by Gasteiger charge is 2.07. The third-order valence-electron chi connectivity index (χ3n) is 3.71. The van der Waals surface area contributed by atoms with Gasteiger partial charge in [0.15, 0.2) is 0 Å². The van der Waals surface area contributed by atoms with Crippen LogP contribution in [0.25, 0.3) is 11.3 Å². The molecule has 0 aliphatic heterocycles. The predicted molar refractivity (Wildman–Crippen MR) is 86.9 cm³/mol. The summed E-state index contributed by atoms with van der Waals surface area (Å²) < 4.78 is 13.4. The summed E-state index contributed by atoms with van der Waals surface area (Å²) in [6.45, 7) is 0.943. The first-order valence-electron chi connectivity index (χ1n) is 7.44. The maximum atomic E-state index is 13.4. The van der Waals surface area contributed by atoms with E-state index in [1.165, 1.54) is 6.07 Å². The number of H-pyrrole nitrogens is 1. The van der Waals surface area contributed by atoms with E-state index in [9.17, 15) is 4.39 Å². The number of nitrogens with one attached hydrogen (secondary N) is 2. The van der Waals surface area contributed by atoms with Gasteiger partial charge in [-0.1, -0.05) is 36.4 Å². The van der Waals surface area contributed by atoms with Gasteiger partial charge in [0.2, 0.25) is 0 Å². The molecule has 5 heteroatoms. The number of benzene rings is 2. The lowest BCUT2D eigenvalue weighted by atomic mass is 10.1. The van der Waals surface area contributed by atoms with E-state index < -0.39 is 0 Å². The molecule has 0 unspecified atom stereocenters. The highest BCUT2D eigenvalue weighted by Crippen LogP contribution is 2.20. The molecule has 23 heavy (non-hydrogen) atoms. The number of nitrogens with zero attached hydrogens (tertiary/aromatic N) is 1. The van der Waals surface area contributed by atoms with E-state index in [0.29, 0.717) is 18.7 Å². The minimum atomic E-state index is -0.377. The quantitative estimate of drug-likeness (QED) is 0.656. The maximum absolute atomic E-state index is 13.4. The third kappa shape index (κ3) is 3.64. The molecule has 0 radical (unpaired) electrons. The summed E-state index contributed by atoms with van der Waals surface area (Å²) in [5.74, 6) is -0.377. The second-order valence-corrected chi connectivity index (χ2v) is 5.32. The lowest BCUT2D eigenvalue weighted by molar-refractivity contribution is 0.275. The molecule has 0 saturated carbocycles. The predicted octanol–water partition coefficient (Wildman–Crippen LogP) is 3.00. The second-order valence-electron chi connectivity index (χ2n) is 5.32. The molecule has 3 aromatic rings. The van der Waals surface area contributed by atoms with Gasteiger partial charge in [0.25, 0.3) is 0 Å². The number of aromatic amines is 1. The first-order valence-corrected chi connectivity index (χ1v) is 7.44. The van der Waals surface area contributed by atoms with Crippen molar-refractivity contribution in [2.45, 2.75) is 19.7 Å². The molecule has 4 nitrogen and oxygen atoms in total. The number of aromatic nitrogens is 2. The Bertz CT molecular complexity index is 771. The van der Waals surface area contributed by atoms with Crippen LogP contribution in [0.5, 0.6) is 0 Å². The first-order chi connectivity index (χ1) is 11.3. The average molecular weight is 311 g/mol. The average Bonchev–Trinajstić information content (AvgIpc) is 3.05. The fourth-order valence-corrected chi connectivity index (χ4v) is 2.50. The van der Waals surface area contributed by atoms with Crippen LogP contribution >= 0.6 is 0 Å². The SMILES string of the molecule is OCc1cc(CNCc2cn[nH]c2-c2ccccc2)ccc1F. The smallest absolute Gasteiger partial charge is 0.128 e. The Morgan fingerprint density at radius 2 is 1.87 bits per heavy atom. The van der Waals surface area contributed by atoms with Crippen LogP contribution < -0.4 is 5.32 Å². The number of hydrogen-bond acceptors (Lipinski definition) is 3. The minimum absolute atomic E-state index is 0.292. The van der Waals surface area contributed by atoms with Crippen molar-refractivity contribution in [3.63, 3.8) is 0 Å². The van der Waals surface area contributed by atoms with Gasteiger partial charge < -0.3 is 10.4 Å². The van der Waals surface area contributed by atoms with Gasteiger partial charge in [-0.3, -0.25) is 5.10 Å². The van der Waals surface area contributed by atoms with Gasteiger partial charge in [-0.05, 0) is 23.3 Å². The molecule has 0 fully saturated rings. The zero-order valence-electron chi connectivity index (χ0n) is 12.6. The molecular formula is C18H18FN3O. The highest BCUT2D eigenvalue weighted by molar-refractivity contribution is 5.62. The third-order valence-corrected chi connectivity index (χ3v) is 3.71. The lowest BCUT2D eigenvalue weighted by Gasteiger charge is -2.08. The topological polar surface area (TPSA) is 60.9 Å². The fraction of sp³-hybridized carbons (Fsp3) is 0.167. The van der Waals surface area contributed by atoms with Crippen molar-refractivity contribution in [1.29, 1.82) is 0 Å². The molecule has 3 N–H and O–H groups in total. The van der Waals surface area contributed by atoms with Crippen LogP contribution in [0.2, 0.25) is 0 Å². The summed E-state index contributed by atoms with van der Waals surface area (Å²) in [5, 5.41) is 19.6. The van der Waals surface area contributed by atoms with Crippen LogP contribution in [0.1, 0.15) is 16.7 Å². The Morgan fingerprint density at radius 1 is 1.04 bits per heavy atom. The van der Waals surface area contributed by atoms with E-state index in [-0.39, 0.29) is 12.4 Å². The first kappa shape index (κ1) is 15.4. The summed E-state index contributed by atoms with van der Waals surface area (Å²) in [4.78, 5) is 0. The van der Waals surface area contributed by atoms with E-state index in [2.05, 4.69) is 15.5 Å². The normalized spacial score (nSPS) is 10.9. The van der Waals surface area contributed by atoms with Crippen LogP contribution in [0.4, 0.5) is 4.39 Å². The van der Waals surface area contributed by atoms with Crippen molar-refractivity contribution >= 4 is 0 Å². The molecule has 2 aromatic carbocycles. The summed E-state index contributed by atoms with van der Waals surface area (Å²) in [6.07, 6.45) is 1.80. The number of halogens is 1. The second kappa shape index (κ2) is 7.17. The Labute approximate surface area is 134 Å². The van der Waals surface area contributed by atoms with Crippen molar-refractivity contribution in [3.05, 3.63) is 77.2 Å². The van der Waals surface area contributed by atoms with E-state index in [1.807, 2.05) is 30.3 Å². The number of aliphatic hydroxyl groups excluding tert-OH is 1. The minimum Gasteiger partial charge on any atom is -0.392 e. The van der Waals surface area contributed by atoms with Crippen molar-refractivity contribution in [3.8, 4) is 11.3 Å². The molecule has 0 bridgehead atoms. The molecule has 0 saturated heterocycles. The standard InChI is InChI=1S/C18H18FN3O/c19-17-7-6-13(8-15(17)12-23)9-20-10-16-11-21-22-18(16)14-4-2-1-3-5-14/h1-8,11,20,23H,9-10,12H2,(H,21,22).